The molecular formula is C80H58F2N2S2. The molecule has 0 radical (unpaired) electrons. The van der Waals surface area contributed by atoms with E-state index in [2.05, 4.69) is 266 Å². The van der Waals surface area contributed by atoms with Gasteiger partial charge in [-0.25, -0.2) is 8.78 Å². The second kappa shape index (κ2) is 23.0. The van der Waals surface area contributed by atoms with Crippen LogP contribution < -0.4 is 9.80 Å². The fraction of sp³-hybridized carbons (Fsp3) is 0.0500. The molecule has 14 rings (SSSR count). The molecule has 0 aliphatic heterocycles. The van der Waals surface area contributed by atoms with E-state index in [1.54, 1.807) is 47.8 Å². The number of thioether (sulfide) groups is 2. The Morgan fingerprint density at radius 1 is 0.302 bits per heavy atom. The summed E-state index contributed by atoms with van der Waals surface area (Å²) in [4.78, 5) is 6.99. The van der Waals surface area contributed by atoms with Gasteiger partial charge in [0.1, 0.15) is 11.6 Å². The van der Waals surface area contributed by atoms with Gasteiger partial charge >= 0.3 is 0 Å². The van der Waals surface area contributed by atoms with E-state index in [1.807, 2.05) is 36.4 Å². The first-order valence-corrected chi connectivity index (χ1v) is 30.9. The molecule has 414 valence electrons. The molecule has 86 heavy (non-hydrogen) atoms. The Bertz CT molecular complexity index is 4150. The Balaban J connectivity index is 0.841. The van der Waals surface area contributed by atoms with Gasteiger partial charge in [-0.1, -0.05) is 182 Å². The lowest BCUT2D eigenvalue weighted by molar-refractivity contribution is 0.624. The Morgan fingerprint density at radius 2 is 0.605 bits per heavy atom. The van der Waals surface area contributed by atoms with E-state index >= 15 is 0 Å². The van der Waals surface area contributed by atoms with Gasteiger partial charge in [-0.15, -0.1) is 36.7 Å². The highest BCUT2D eigenvalue weighted by Gasteiger charge is 2.48. The van der Waals surface area contributed by atoms with Crippen molar-refractivity contribution in [2.45, 2.75) is 20.6 Å². The van der Waals surface area contributed by atoms with E-state index in [-0.39, 0.29) is 11.6 Å². The summed E-state index contributed by atoms with van der Waals surface area (Å²) in [5.41, 5.74) is 20.2. The molecule has 0 aromatic heterocycles. The molecule has 0 saturated carbocycles. The molecule has 6 heteroatoms. The van der Waals surface area contributed by atoms with Crippen LogP contribution in [0.1, 0.15) is 44.5 Å². The summed E-state index contributed by atoms with van der Waals surface area (Å²) in [7, 11) is 0. The van der Waals surface area contributed by atoms with Gasteiger partial charge in [0.25, 0.3) is 0 Å². The first kappa shape index (κ1) is 54.2. The van der Waals surface area contributed by atoms with Crippen molar-refractivity contribution < 1.29 is 8.78 Å². The largest absolute Gasteiger partial charge is 0.310 e. The Kier molecular flexibility index (Phi) is 14.5. The number of nitrogens with zero attached hydrogens (tertiary/aromatic N) is 2. The summed E-state index contributed by atoms with van der Waals surface area (Å²) < 4.78 is 29.8. The van der Waals surface area contributed by atoms with Crippen molar-refractivity contribution in [3.8, 4) is 33.4 Å². The molecule has 0 bridgehead atoms. The normalized spacial score (nSPS) is 15.2. The van der Waals surface area contributed by atoms with Crippen LogP contribution >= 0.6 is 23.5 Å². The van der Waals surface area contributed by atoms with Crippen molar-refractivity contribution in [1.29, 1.82) is 0 Å². The first-order chi connectivity index (χ1) is 42.4. The van der Waals surface area contributed by atoms with Gasteiger partial charge in [0.05, 0.1) is 10.8 Å². The second-order valence-electron chi connectivity index (χ2n) is 21.7. The van der Waals surface area contributed by atoms with Crippen LogP contribution in [0.5, 0.6) is 0 Å². The quantitative estimate of drug-likeness (QED) is 0.0662. The van der Waals surface area contributed by atoms with E-state index in [0.29, 0.717) is 0 Å². The number of para-hydroxylation sites is 2. The maximum Gasteiger partial charge on any atom is 0.123 e. The number of benzene rings is 12. The number of hydrogen-bond acceptors (Lipinski definition) is 4. The van der Waals surface area contributed by atoms with E-state index in [4.69, 9.17) is 0 Å². The lowest BCUT2D eigenvalue weighted by Crippen LogP contribution is -2.29. The third-order valence-electron chi connectivity index (χ3n) is 17.1. The van der Waals surface area contributed by atoms with E-state index < -0.39 is 10.8 Å². The highest BCUT2D eigenvalue weighted by Crippen LogP contribution is 2.59. The number of halogens is 2. The van der Waals surface area contributed by atoms with Crippen LogP contribution in [0.2, 0.25) is 0 Å². The van der Waals surface area contributed by atoms with Crippen molar-refractivity contribution in [3.63, 3.8) is 0 Å². The van der Waals surface area contributed by atoms with Gasteiger partial charge in [-0.05, 0) is 199 Å². The predicted molar refractivity (Wildman–Crippen MR) is 358 cm³/mol. The summed E-state index contributed by atoms with van der Waals surface area (Å²) in [6.07, 6.45) is 3.86. The maximum absolute atomic E-state index is 14.9. The minimum atomic E-state index is -0.732. The van der Waals surface area contributed by atoms with Gasteiger partial charge < -0.3 is 9.80 Å². The fourth-order valence-corrected chi connectivity index (χ4v) is 14.6. The standard InChI is InChI=1S/C80H58F2N2S2/c1-3-51-85-69-45-31-59(32-46-69)79(57-27-35-61(81)36-28-57)75-21-13-11-19-71(75)73-49-43-67(53-77(73)79)83(63-15-7-5-8-16-63)65-39-23-55(24-40-65)56-25-41-66(42-26-56)84(64-17-9-6-10-18-64)68-44-50-74-72-20-12-14-22-76(72)80(78(74)54-68,58-29-37-62(82)38-30-58)60-33-47-70(48-34-60)86-52-4-2/h3-50,53-54H,1-2,51-52H2. The van der Waals surface area contributed by atoms with Gasteiger partial charge in [-0.3, -0.25) is 0 Å². The smallest absolute Gasteiger partial charge is 0.123 e. The molecule has 0 saturated heterocycles. The molecule has 12 aromatic carbocycles. The summed E-state index contributed by atoms with van der Waals surface area (Å²) in [5, 5.41) is 0. The van der Waals surface area contributed by atoms with Crippen molar-refractivity contribution in [2.24, 2.45) is 0 Å². The summed E-state index contributed by atoms with van der Waals surface area (Å²) in [6, 6.07) is 102. The molecule has 2 aliphatic carbocycles. The third-order valence-corrected chi connectivity index (χ3v) is 19.1. The van der Waals surface area contributed by atoms with Gasteiger partial charge in [0, 0.05) is 55.4 Å². The number of fused-ring (bicyclic) bond motifs is 6. The van der Waals surface area contributed by atoms with Crippen LogP contribution in [0.4, 0.5) is 42.9 Å². The lowest BCUT2D eigenvalue weighted by atomic mass is 9.67. The molecule has 2 aliphatic rings. The zero-order chi connectivity index (χ0) is 58.2. The molecular weight excluding hydrogens is 1090 g/mol. The van der Waals surface area contributed by atoms with Crippen molar-refractivity contribution in [3.05, 3.63) is 373 Å². The van der Waals surface area contributed by atoms with Crippen molar-refractivity contribution in [2.75, 3.05) is 21.3 Å². The predicted octanol–water partition coefficient (Wildman–Crippen LogP) is 21.9. The Labute approximate surface area is 511 Å². The summed E-state index contributed by atoms with van der Waals surface area (Å²) in [6.45, 7) is 7.89. The fourth-order valence-electron chi connectivity index (χ4n) is 13.4. The van der Waals surface area contributed by atoms with Gasteiger partial charge in [0.2, 0.25) is 0 Å². The van der Waals surface area contributed by atoms with E-state index in [9.17, 15) is 8.78 Å². The van der Waals surface area contributed by atoms with Crippen LogP contribution in [-0.2, 0) is 10.8 Å². The second-order valence-corrected chi connectivity index (χ2v) is 23.9. The SMILES string of the molecule is C=CCSc1ccc(C2(c3ccc(F)cc3)c3ccccc3-c3ccc(N(c4ccccc4)c4ccc(-c5ccc(N(c6ccccc6)c6ccc7c(c6)C(c6ccc(F)cc6)(c6ccc(SCC=C)cc6)c6ccccc6-7)cc5)cc4)cc32)cc1. The van der Waals surface area contributed by atoms with Crippen molar-refractivity contribution in [1.82, 2.24) is 0 Å². The molecule has 2 unspecified atom stereocenters. The Morgan fingerprint density at radius 3 is 0.965 bits per heavy atom. The summed E-state index contributed by atoms with van der Waals surface area (Å²) in [5.74, 6) is 1.10. The minimum absolute atomic E-state index is 0.268. The summed E-state index contributed by atoms with van der Waals surface area (Å²) >= 11 is 3.51. The average Bonchev–Trinajstić information content (AvgIpc) is 1.55. The maximum atomic E-state index is 14.9. The van der Waals surface area contributed by atoms with Crippen LogP contribution in [0.15, 0.2) is 326 Å². The van der Waals surface area contributed by atoms with Gasteiger partial charge in [0.15, 0.2) is 0 Å². The third kappa shape index (κ3) is 9.37. The molecule has 0 fully saturated rings. The van der Waals surface area contributed by atoms with E-state index in [1.165, 1.54) is 0 Å². The average molecular weight is 1150 g/mol. The molecule has 0 spiro atoms. The molecule has 2 nitrogen and oxygen atoms in total. The van der Waals surface area contributed by atoms with Crippen LogP contribution in [-0.4, -0.2) is 11.5 Å². The molecule has 0 amide bonds. The lowest BCUT2D eigenvalue weighted by Gasteiger charge is -2.35. The van der Waals surface area contributed by atoms with Crippen molar-refractivity contribution >= 4 is 57.6 Å². The topological polar surface area (TPSA) is 6.48 Å². The van der Waals surface area contributed by atoms with E-state index in [0.717, 1.165) is 133 Å². The van der Waals surface area contributed by atoms with Crippen LogP contribution in [0.25, 0.3) is 33.4 Å². The Hall–Kier alpha value is -9.72. The number of rotatable bonds is 17. The monoisotopic (exact) mass is 1150 g/mol. The minimum Gasteiger partial charge on any atom is -0.310 e. The molecule has 0 N–H and O–H groups in total. The highest BCUT2D eigenvalue weighted by atomic mass is 32.2. The first-order valence-electron chi connectivity index (χ1n) is 29.0. The zero-order valence-corrected chi connectivity index (χ0v) is 48.8. The van der Waals surface area contributed by atoms with Crippen LogP contribution in [0.3, 0.4) is 0 Å². The molecule has 0 heterocycles. The van der Waals surface area contributed by atoms with Gasteiger partial charge in [-0.2, -0.15) is 0 Å². The number of anilines is 6. The highest BCUT2D eigenvalue weighted by molar-refractivity contribution is 7.99. The number of hydrogen-bond donors (Lipinski definition) is 0. The molecule has 12 aromatic rings. The zero-order valence-electron chi connectivity index (χ0n) is 47.2. The molecule has 2 atom stereocenters. The van der Waals surface area contributed by atoms with Crippen LogP contribution in [0, 0.1) is 11.6 Å².